The van der Waals surface area contributed by atoms with Gasteiger partial charge < -0.3 is 10.6 Å². The molecule has 4 aromatic rings. The van der Waals surface area contributed by atoms with Crippen molar-refractivity contribution < 1.29 is 14.4 Å². The van der Waals surface area contributed by atoms with Crippen LogP contribution in [-0.4, -0.2) is 22.4 Å². The standard InChI is InChI=1S/C26H23BrN4O3/c1-16-8-6-7-11-21(16)29-24(32)23-15-19-14-20(27)12-13-22(19)31(23)30-26(34)25(33)28-17(2)18-9-4-3-5-10-18/h3-15,17H,1-2H3,(H,28,33)(H,29,32)(H,30,34)/t17-/m1/s1. The molecule has 3 amide bonds. The summed E-state index contributed by atoms with van der Waals surface area (Å²) in [5.41, 5.74) is 5.78. The fraction of sp³-hybridized carbons (Fsp3) is 0.115. The number of aromatic nitrogens is 1. The molecule has 0 aliphatic carbocycles. The normalized spacial score (nSPS) is 11.6. The van der Waals surface area contributed by atoms with E-state index >= 15 is 0 Å². The van der Waals surface area contributed by atoms with Crippen LogP contribution in [0.5, 0.6) is 0 Å². The Kier molecular flexibility index (Phi) is 6.79. The summed E-state index contributed by atoms with van der Waals surface area (Å²) in [6.07, 6.45) is 0. The van der Waals surface area contributed by atoms with Crippen molar-refractivity contribution in [3.63, 3.8) is 0 Å². The van der Waals surface area contributed by atoms with Crippen LogP contribution in [0.2, 0.25) is 0 Å². The smallest absolute Gasteiger partial charge is 0.328 e. The van der Waals surface area contributed by atoms with Crippen molar-refractivity contribution in [2.24, 2.45) is 0 Å². The van der Waals surface area contributed by atoms with E-state index in [1.165, 1.54) is 4.68 Å². The van der Waals surface area contributed by atoms with Crippen LogP contribution in [0.3, 0.4) is 0 Å². The average Bonchev–Trinajstić information content (AvgIpc) is 3.18. The van der Waals surface area contributed by atoms with Crippen LogP contribution in [0.25, 0.3) is 10.9 Å². The van der Waals surface area contributed by atoms with Crippen molar-refractivity contribution in [2.75, 3.05) is 10.7 Å². The van der Waals surface area contributed by atoms with Crippen LogP contribution in [0.4, 0.5) is 5.69 Å². The van der Waals surface area contributed by atoms with Crippen molar-refractivity contribution in [3.8, 4) is 0 Å². The number of nitrogens with one attached hydrogen (secondary N) is 3. The number of rotatable bonds is 5. The molecule has 172 valence electrons. The van der Waals surface area contributed by atoms with E-state index in [0.717, 1.165) is 21.0 Å². The molecular formula is C26H23BrN4O3. The van der Waals surface area contributed by atoms with Gasteiger partial charge in [-0.15, -0.1) is 0 Å². The highest BCUT2D eigenvalue weighted by molar-refractivity contribution is 9.10. The Morgan fingerprint density at radius 1 is 0.882 bits per heavy atom. The third-order valence-corrected chi connectivity index (χ3v) is 5.95. The fourth-order valence-electron chi connectivity index (χ4n) is 3.61. The Bertz CT molecular complexity index is 1380. The molecule has 1 aromatic heterocycles. The molecule has 0 aliphatic heterocycles. The zero-order valence-electron chi connectivity index (χ0n) is 18.6. The third-order valence-electron chi connectivity index (χ3n) is 5.46. The highest BCUT2D eigenvalue weighted by Crippen LogP contribution is 2.24. The van der Waals surface area contributed by atoms with Crippen LogP contribution in [-0.2, 0) is 9.59 Å². The Labute approximate surface area is 205 Å². The SMILES string of the molecule is Cc1ccccc1NC(=O)c1cc2cc(Br)ccc2n1NC(=O)C(=O)N[C@H](C)c1ccccc1. The maximum Gasteiger partial charge on any atom is 0.328 e. The highest BCUT2D eigenvalue weighted by Gasteiger charge is 2.22. The van der Waals surface area contributed by atoms with Crippen LogP contribution in [0, 0.1) is 6.92 Å². The lowest BCUT2D eigenvalue weighted by Gasteiger charge is -2.16. The Morgan fingerprint density at radius 2 is 1.59 bits per heavy atom. The molecule has 0 saturated heterocycles. The largest absolute Gasteiger partial charge is 0.341 e. The van der Waals surface area contributed by atoms with Gasteiger partial charge in [-0.1, -0.05) is 64.5 Å². The zero-order valence-corrected chi connectivity index (χ0v) is 20.2. The van der Waals surface area contributed by atoms with Gasteiger partial charge in [0.25, 0.3) is 5.91 Å². The lowest BCUT2D eigenvalue weighted by molar-refractivity contribution is -0.137. The van der Waals surface area contributed by atoms with Crippen LogP contribution in [0.1, 0.15) is 34.6 Å². The van der Waals surface area contributed by atoms with E-state index in [1.54, 1.807) is 31.2 Å². The number of anilines is 1. The van der Waals surface area contributed by atoms with E-state index in [1.807, 2.05) is 61.5 Å². The molecule has 8 heteroatoms. The predicted molar refractivity (Wildman–Crippen MR) is 136 cm³/mol. The van der Waals surface area contributed by atoms with Gasteiger partial charge in [-0.25, -0.2) is 4.68 Å². The van der Waals surface area contributed by atoms with Crippen molar-refractivity contribution in [3.05, 3.63) is 100 Å². The molecule has 1 heterocycles. The minimum Gasteiger partial charge on any atom is -0.341 e. The van der Waals surface area contributed by atoms with Crippen LogP contribution >= 0.6 is 15.9 Å². The second-order valence-electron chi connectivity index (χ2n) is 7.88. The molecule has 3 aromatic carbocycles. The Hall–Kier alpha value is -3.91. The van der Waals surface area contributed by atoms with Gasteiger partial charge in [-0.2, -0.15) is 0 Å². The summed E-state index contributed by atoms with van der Waals surface area (Å²) in [5.74, 6) is -2.10. The first-order valence-electron chi connectivity index (χ1n) is 10.7. The molecule has 4 rings (SSSR count). The van der Waals surface area contributed by atoms with Gasteiger partial charge in [-0.3, -0.25) is 19.8 Å². The van der Waals surface area contributed by atoms with E-state index in [-0.39, 0.29) is 11.7 Å². The first-order chi connectivity index (χ1) is 16.3. The van der Waals surface area contributed by atoms with E-state index in [9.17, 15) is 14.4 Å². The molecule has 0 aliphatic rings. The van der Waals surface area contributed by atoms with Gasteiger partial charge in [-0.05, 0) is 55.3 Å². The molecule has 34 heavy (non-hydrogen) atoms. The predicted octanol–water partition coefficient (Wildman–Crippen LogP) is 4.91. The van der Waals surface area contributed by atoms with Crippen LogP contribution in [0.15, 0.2) is 83.3 Å². The monoisotopic (exact) mass is 518 g/mol. The number of para-hydroxylation sites is 1. The maximum absolute atomic E-state index is 13.2. The number of benzene rings is 3. The summed E-state index contributed by atoms with van der Waals surface area (Å²) in [6.45, 7) is 3.69. The van der Waals surface area contributed by atoms with Crippen molar-refractivity contribution >= 4 is 50.2 Å². The van der Waals surface area contributed by atoms with Gasteiger partial charge in [0, 0.05) is 15.5 Å². The summed E-state index contributed by atoms with van der Waals surface area (Å²) < 4.78 is 2.16. The third kappa shape index (κ3) is 5.02. The van der Waals surface area contributed by atoms with Gasteiger partial charge in [0.15, 0.2) is 0 Å². The lowest BCUT2D eigenvalue weighted by atomic mass is 10.1. The first kappa shape index (κ1) is 23.3. The maximum atomic E-state index is 13.2. The number of hydrogen-bond donors (Lipinski definition) is 3. The number of hydrogen-bond acceptors (Lipinski definition) is 3. The minimum atomic E-state index is -0.881. The number of carbonyl (C=O) groups is 3. The molecule has 1 atom stereocenters. The molecule has 3 N–H and O–H groups in total. The highest BCUT2D eigenvalue weighted by atomic mass is 79.9. The van der Waals surface area contributed by atoms with Crippen molar-refractivity contribution in [1.82, 2.24) is 9.99 Å². The number of fused-ring (bicyclic) bond motifs is 1. The molecular weight excluding hydrogens is 496 g/mol. The summed E-state index contributed by atoms with van der Waals surface area (Å²) in [4.78, 5) is 38.6. The number of aryl methyl sites for hydroxylation is 1. The molecule has 0 bridgehead atoms. The molecule has 0 saturated carbocycles. The zero-order chi connectivity index (χ0) is 24.2. The topological polar surface area (TPSA) is 92.2 Å². The number of halogens is 1. The summed E-state index contributed by atoms with van der Waals surface area (Å²) >= 11 is 3.43. The molecule has 0 fully saturated rings. The number of carbonyl (C=O) groups excluding carboxylic acids is 3. The average molecular weight is 519 g/mol. The summed E-state index contributed by atoms with van der Waals surface area (Å²) in [5, 5.41) is 6.29. The minimum absolute atomic E-state index is 0.189. The number of nitrogens with zero attached hydrogens (tertiary/aromatic N) is 1. The molecule has 0 spiro atoms. The van der Waals surface area contributed by atoms with E-state index in [2.05, 4.69) is 32.0 Å². The lowest BCUT2D eigenvalue weighted by Crippen LogP contribution is -2.40. The fourth-order valence-corrected chi connectivity index (χ4v) is 3.99. The van der Waals surface area contributed by atoms with Crippen molar-refractivity contribution in [2.45, 2.75) is 19.9 Å². The van der Waals surface area contributed by atoms with Crippen molar-refractivity contribution in [1.29, 1.82) is 0 Å². The second kappa shape index (κ2) is 9.93. The van der Waals surface area contributed by atoms with Crippen LogP contribution < -0.4 is 16.1 Å². The first-order valence-corrected chi connectivity index (χ1v) is 11.5. The summed E-state index contributed by atoms with van der Waals surface area (Å²) in [6, 6.07) is 23.4. The second-order valence-corrected chi connectivity index (χ2v) is 8.80. The van der Waals surface area contributed by atoms with E-state index in [4.69, 9.17) is 0 Å². The van der Waals surface area contributed by atoms with Gasteiger partial charge in [0.2, 0.25) is 0 Å². The Morgan fingerprint density at radius 3 is 2.32 bits per heavy atom. The number of amides is 3. The van der Waals surface area contributed by atoms with E-state index in [0.29, 0.717) is 11.2 Å². The van der Waals surface area contributed by atoms with E-state index < -0.39 is 17.7 Å². The molecule has 0 unspecified atom stereocenters. The van der Waals surface area contributed by atoms with Gasteiger partial charge >= 0.3 is 11.8 Å². The van der Waals surface area contributed by atoms with Gasteiger partial charge in [0.05, 0.1) is 11.6 Å². The summed E-state index contributed by atoms with van der Waals surface area (Å²) in [7, 11) is 0. The molecule has 0 radical (unpaired) electrons. The Balaban J connectivity index is 1.60. The van der Waals surface area contributed by atoms with Gasteiger partial charge in [0.1, 0.15) is 5.69 Å². The quantitative estimate of drug-likeness (QED) is 0.327. The molecule has 7 nitrogen and oxygen atoms in total.